The third kappa shape index (κ3) is 1.57. The molecule has 86 valence electrons. The summed E-state index contributed by atoms with van der Waals surface area (Å²) >= 11 is 0. The van der Waals surface area contributed by atoms with E-state index in [9.17, 15) is 4.79 Å². The molecule has 1 aromatic heterocycles. The highest BCUT2D eigenvalue weighted by molar-refractivity contribution is 5.20. The van der Waals surface area contributed by atoms with Crippen LogP contribution >= 0.6 is 0 Å². The van der Waals surface area contributed by atoms with Crippen LogP contribution in [0.2, 0.25) is 0 Å². The molecule has 1 saturated carbocycles. The Labute approximate surface area is 94.7 Å². The van der Waals surface area contributed by atoms with Gasteiger partial charge in [0.2, 0.25) is 0 Å². The highest BCUT2D eigenvalue weighted by Gasteiger charge is 2.21. The Balaban J connectivity index is 2.03. The quantitative estimate of drug-likeness (QED) is 0.766. The maximum absolute atomic E-state index is 12.3. The summed E-state index contributed by atoms with van der Waals surface area (Å²) in [6.45, 7) is 1.65. The monoisotopic (exact) mass is 219 g/mol. The molecule has 1 fully saturated rings. The zero-order valence-corrected chi connectivity index (χ0v) is 9.41. The van der Waals surface area contributed by atoms with Crippen LogP contribution < -0.4 is 10.9 Å². The summed E-state index contributed by atoms with van der Waals surface area (Å²) in [5.74, 6) is 0. The highest BCUT2D eigenvalue weighted by atomic mass is 16.1. The lowest BCUT2D eigenvalue weighted by Gasteiger charge is -2.19. The van der Waals surface area contributed by atoms with Crippen LogP contribution in [-0.2, 0) is 13.0 Å². The molecule has 0 saturated heterocycles. The van der Waals surface area contributed by atoms with E-state index < -0.39 is 0 Å². The van der Waals surface area contributed by atoms with Gasteiger partial charge in [-0.3, -0.25) is 9.36 Å². The van der Waals surface area contributed by atoms with Crippen LogP contribution in [0.1, 0.15) is 43.0 Å². The standard InChI is InChI=1S/C12H17N3O/c16-12-10-5-6-13-7-11(10)14-8-15(12)9-3-1-2-4-9/h8-9,13H,1-7H2. The fourth-order valence-corrected chi connectivity index (χ4v) is 2.81. The number of aromatic nitrogens is 2. The van der Waals surface area contributed by atoms with Crippen LogP contribution in [0.15, 0.2) is 11.1 Å². The average molecular weight is 219 g/mol. The first-order chi connectivity index (χ1) is 7.86. The van der Waals surface area contributed by atoms with Crippen LogP contribution in [0, 0.1) is 0 Å². The fraction of sp³-hybridized carbons (Fsp3) is 0.667. The Morgan fingerprint density at radius 1 is 1.38 bits per heavy atom. The lowest BCUT2D eigenvalue weighted by Crippen LogP contribution is -2.35. The van der Waals surface area contributed by atoms with Crippen molar-refractivity contribution in [2.24, 2.45) is 0 Å². The molecule has 4 nitrogen and oxygen atoms in total. The van der Waals surface area contributed by atoms with E-state index in [-0.39, 0.29) is 5.56 Å². The minimum atomic E-state index is 0.207. The van der Waals surface area contributed by atoms with E-state index in [1.165, 1.54) is 12.8 Å². The Hall–Kier alpha value is -1.16. The molecular formula is C12H17N3O. The number of hydrogen-bond acceptors (Lipinski definition) is 3. The second-order valence-corrected chi connectivity index (χ2v) is 4.75. The van der Waals surface area contributed by atoms with Crippen LogP contribution in [0.4, 0.5) is 0 Å². The second kappa shape index (κ2) is 4.01. The number of nitrogens with one attached hydrogen (secondary N) is 1. The van der Waals surface area contributed by atoms with Gasteiger partial charge in [0.15, 0.2) is 0 Å². The first kappa shape index (κ1) is 10.0. The molecule has 16 heavy (non-hydrogen) atoms. The highest BCUT2D eigenvalue weighted by Crippen LogP contribution is 2.28. The van der Waals surface area contributed by atoms with Crippen LogP contribution in [0.25, 0.3) is 0 Å². The van der Waals surface area contributed by atoms with Crippen molar-refractivity contribution in [2.45, 2.75) is 44.7 Å². The Morgan fingerprint density at radius 2 is 2.19 bits per heavy atom. The predicted molar refractivity (Wildman–Crippen MR) is 61.4 cm³/mol. The molecule has 2 aliphatic rings. The van der Waals surface area contributed by atoms with E-state index in [2.05, 4.69) is 10.3 Å². The summed E-state index contributed by atoms with van der Waals surface area (Å²) < 4.78 is 1.87. The van der Waals surface area contributed by atoms with Gasteiger partial charge in [0.25, 0.3) is 5.56 Å². The van der Waals surface area contributed by atoms with Gasteiger partial charge >= 0.3 is 0 Å². The maximum Gasteiger partial charge on any atom is 0.257 e. The molecule has 1 aliphatic heterocycles. The SMILES string of the molecule is O=c1c2c(ncn1C1CCCC1)CNCC2. The third-order valence-electron chi connectivity index (χ3n) is 3.74. The van der Waals surface area contributed by atoms with Gasteiger partial charge in [-0.05, 0) is 25.8 Å². The number of hydrogen-bond donors (Lipinski definition) is 1. The van der Waals surface area contributed by atoms with Crippen molar-refractivity contribution in [3.63, 3.8) is 0 Å². The molecule has 1 aromatic rings. The van der Waals surface area contributed by atoms with Crippen molar-refractivity contribution in [1.29, 1.82) is 0 Å². The van der Waals surface area contributed by atoms with Gasteiger partial charge in [-0.2, -0.15) is 0 Å². The number of fused-ring (bicyclic) bond motifs is 1. The van der Waals surface area contributed by atoms with Gasteiger partial charge in [-0.15, -0.1) is 0 Å². The minimum Gasteiger partial charge on any atom is -0.311 e. The van der Waals surface area contributed by atoms with Crippen LogP contribution in [0.5, 0.6) is 0 Å². The van der Waals surface area contributed by atoms with Crippen molar-refractivity contribution in [3.05, 3.63) is 27.9 Å². The topological polar surface area (TPSA) is 46.9 Å². The number of nitrogens with zero attached hydrogens (tertiary/aromatic N) is 2. The average Bonchev–Trinajstić information content (AvgIpc) is 2.83. The summed E-state index contributed by atoms with van der Waals surface area (Å²) in [5, 5.41) is 3.25. The summed E-state index contributed by atoms with van der Waals surface area (Å²) in [5.41, 5.74) is 2.09. The lowest BCUT2D eigenvalue weighted by molar-refractivity contribution is 0.481. The zero-order chi connectivity index (χ0) is 11.0. The van der Waals surface area contributed by atoms with Crippen molar-refractivity contribution in [3.8, 4) is 0 Å². The Kier molecular flexibility index (Phi) is 2.52. The normalized spacial score (nSPS) is 21.0. The summed E-state index contributed by atoms with van der Waals surface area (Å²) in [7, 11) is 0. The van der Waals surface area contributed by atoms with Crippen molar-refractivity contribution >= 4 is 0 Å². The van der Waals surface area contributed by atoms with E-state index >= 15 is 0 Å². The molecular weight excluding hydrogens is 202 g/mol. The van der Waals surface area contributed by atoms with Gasteiger partial charge in [0.1, 0.15) is 0 Å². The molecule has 0 atom stereocenters. The predicted octanol–water partition coefficient (Wildman–Crippen LogP) is 1.00. The van der Waals surface area contributed by atoms with Gasteiger partial charge in [-0.1, -0.05) is 12.8 Å². The summed E-state index contributed by atoms with van der Waals surface area (Å²) in [6.07, 6.45) is 7.35. The van der Waals surface area contributed by atoms with Crippen LogP contribution in [-0.4, -0.2) is 16.1 Å². The lowest BCUT2D eigenvalue weighted by atomic mass is 10.1. The molecule has 1 N–H and O–H groups in total. The molecule has 4 heteroatoms. The molecule has 0 bridgehead atoms. The Morgan fingerprint density at radius 3 is 3.00 bits per heavy atom. The largest absolute Gasteiger partial charge is 0.311 e. The fourth-order valence-electron chi connectivity index (χ4n) is 2.81. The van der Waals surface area contributed by atoms with Crippen LogP contribution in [0.3, 0.4) is 0 Å². The van der Waals surface area contributed by atoms with E-state index in [4.69, 9.17) is 0 Å². The van der Waals surface area contributed by atoms with Gasteiger partial charge in [0.05, 0.1) is 12.0 Å². The molecule has 2 heterocycles. The molecule has 0 radical (unpaired) electrons. The van der Waals surface area contributed by atoms with Gasteiger partial charge in [-0.25, -0.2) is 4.98 Å². The first-order valence-electron chi connectivity index (χ1n) is 6.16. The molecule has 3 rings (SSSR count). The van der Waals surface area contributed by atoms with Crippen molar-refractivity contribution in [1.82, 2.24) is 14.9 Å². The zero-order valence-electron chi connectivity index (χ0n) is 9.41. The first-order valence-corrected chi connectivity index (χ1v) is 6.16. The second-order valence-electron chi connectivity index (χ2n) is 4.75. The van der Waals surface area contributed by atoms with E-state index in [1.54, 1.807) is 6.33 Å². The maximum atomic E-state index is 12.3. The molecule has 0 amide bonds. The smallest absolute Gasteiger partial charge is 0.257 e. The van der Waals surface area contributed by atoms with Gasteiger partial charge < -0.3 is 5.32 Å². The van der Waals surface area contributed by atoms with E-state index in [0.29, 0.717) is 6.04 Å². The summed E-state index contributed by atoms with van der Waals surface area (Å²) in [6, 6.07) is 0.403. The minimum absolute atomic E-state index is 0.207. The van der Waals surface area contributed by atoms with Gasteiger partial charge in [0, 0.05) is 18.2 Å². The van der Waals surface area contributed by atoms with Crippen molar-refractivity contribution in [2.75, 3.05) is 6.54 Å². The van der Waals surface area contributed by atoms with E-state index in [0.717, 1.165) is 43.6 Å². The molecule has 1 aliphatic carbocycles. The third-order valence-corrected chi connectivity index (χ3v) is 3.74. The van der Waals surface area contributed by atoms with E-state index in [1.807, 2.05) is 4.57 Å². The Bertz CT molecular complexity index is 446. The molecule has 0 unspecified atom stereocenters. The van der Waals surface area contributed by atoms with Crippen molar-refractivity contribution < 1.29 is 0 Å². The number of rotatable bonds is 1. The summed E-state index contributed by atoms with van der Waals surface area (Å²) in [4.78, 5) is 16.7. The molecule has 0 aromatic carbocycles. The molecule has 0 spiro atoms.